The Hall–Kier alpha value is -1.67. The fourth-order valence-electron chi connectivity index (χ4n) is 1.80. The summed E-state index contributed by atoms with van der Waals surface area (Å²) in [6.07, 6.45) is 0. The van der Waals surface area contributed by atoms with Crippen molar-refractivity contribution in [1.29, 1.82) is 0 Å². The second-order valence-corrected chi connectivity index (χ2v) is 4.62. The number of rotatable bonds is 2. The largest absolute Gasteiger partial charge is 0.294 e. The molecule has 0 N–H and O–H groups in total. The minimum Gasteiger partial charge on any atom is -0.294 e. The maximum atomic E-state index is 13.2. The number of ketones is 1. The Morgan fingerprint density at radius 2 is 1.72 bits per heavy atom. The van der Waals surface area contributed by atoms with Crippen LogP contribution in [0.1, 0.15) is 22.8 Å². The quantitative estimate of drug-likeness (QED) is 0.720. The minimum absolute atomic E-state index is 0.0677. The highest BCUT2D eigenvalue weighted by Gasteiger charge is 2.08. The Morgan fingerprint density at radius 1 is 1.11 bits per heavy atom. The number of aryl methyl sites for hydroxylation is 1. The Labute approximate surface area is 110 Å². The Morgan fingerprint density at radius 3 is 2.28 bits per heavy atom. The maximum absolute atomic E-state index is 13.2. The molecule has 0 radical (unpaired) electrons. The first-order chi connectivity index (χ1) is 8.49. The van der Waals surface area contributed by atoms with Gasteiger partial charge in [0.2, 0.25) is 0 Å². The van der Waals surface area contributed by atoms with Crippen LogP contribution in [0.2, 0.25) is 5.02 Å². The molecule has 0 unspecified atom stereocenters. The first-order valence-electron chi connectivity index (χ1n) is 5.56. The molecule has 0 heterocycles. The molecule has 0 bridgehead atoms. The summed E-state index contributed by atoms with van der Waals surface area (Å²) in [5, 5.41) is 0.418. The third kappa shape index (κ3) is 2.44. The van der Waals surface area contributed by atoms with E-state index in [9.17, 15) is 9.18 Å². The molecular weight excluding hydrogens is 251 g/mol. The zero-order valence-electron chi connectivity index (χ0n) is 10.1. The summed E-state index contributed by atoms with van der Waals surface area (Å²) in [6.45, 7) is 3.19. The van der Waals surface area contributed by atoms with Crippen molar-refractivity contribution in [2.45, 2.75) is 13.8 Å². The second-order valence-electron chi connectivity index (χ2n) is 4.21. The summed E-state index contributed by atoms with van der Waals surface area (Å²) >= 11 is 6.05. The summed E-state index contributed by atoms with van der Waals surface area (Å²) < 4.78 is 13.2. The van der Waals surface area contributed by atoms with Gasteiger partial charge < -0.3 is 0 Å². The molecule has 0 aromatic heterocycles. The predicted molar refractivity (Wildman–Crippen MR) is 71.6 cm³/mol. The SMILES string of the molecule is CC(=O)c1ccc(-c2ccc(F)c(C)c2)cc1Cl. The molecule has 2 rings (SSSR count). The van der Waals surface area contributed by atoms with E-state index in [4.69, 9.17) is 11.6 Å². The number of Topliss-reactive ketones (excluding diaryl/α,β-unsaturated/α-hetero) is 1. The molecule has 2 aromatic rings. The van der Waals surface area contributed by atoms with Gasteiger partial charge in [0.05, 0.1) is 5.02 Å². The highest BCUT2D eigenvalue weighted by atomic mass is 35.5. The highest BCUT2D eigenvalue weighted by molar-refractivity contribution is 6.34. The van der Waals surface area contributed by atoms with E-state index < -0.39 is 0 Å². The van der Waals surface area contributed by atoms with Gasteiger partial charge in [-0.15, -0.1) is 0 Å². The van der Waals surface area contributed by atoms with Gasteiger partial charge in [0, 0.05) is 5.56 Å². The predicted octanol–water partition coefficient (Wildman–Crippen LogP) is 4.66. The van der Waals surface area contributed by atoms with E-state index >= 15 is 0 Å². The number of carbonyl (C=O) groups is 1. The van der Waals surface area contributed by atoms with Crippen molar-refractivity contribution in [1.82, 2.24) is 0 Å². The smallest absolute Gasteiger partial charge is 0.161 e. The number of carbonyl (C=O) groups excluding carboxylic acids is 1. The van der Waals surface area contributed by atoms with Crippen LogP contribution in [0, 0.1) is 12.7 Å². The van der Waals surface area contributed by atoms with Crippen LogP contribution in [-0.4, -0.2) is 5.78 Å². The summed E-state index contributed by atoms with van der Waals surface area (Å²) in [5.74, 6) is -0.299. The van der Waals surface area contributed by atoms with E-state index in [1.165, 1.54) is 13.0 Å². The van der Waals surface area contributed by atoms with Crippen molar-refractivity contribution in [3.05, 3.63) is 58.4 Å². The third-order valence-electron chi connectivity index (χ3n) is 2.84. The first-order valence-corrected chi connectivity index (χ1v) is 5.94. The van der Waals surface area contributed by atoms with Crippen molar-refractivity contribution in [2.24, 2.45) is 0 Å². The lowest BCUT2D eigenvalue weighted by Crippen LogP contribution is -1.93. The molecular formula is C15H12ClFO. The van der Waals surface area contributed by atoms with Gasteiger partial charge in [-0.2, -0.15) is 0 Å². The molecule has 1 nitrogen and oxygen atoms in total. The topological polar surface area (TPSA) is 17.1 Å². The maximum Gasteiger partial charge on any atom is 0.161 e. The van der Waals surface area contributed by atoms with Crippen LogP contribution in [-0.2, 0) is 0 Å². The van der Waals surface area contributed by atoms with Crippen LogP contribution in [0.3, 0.4) is 0 Å². The molecule has 0 aliphatic heterocycles. The number of benzene rings is 2. The minimum atomic E-state index is -0.231. The lowest BCUT2D eigenvalue weighted by atomic mass is 10.0. The molecule has 0 saturated heterocycles. The van der Waals surface area contributed by atoms with Crippen molar-refractivity contribution in [2.75, 3.05) is 0 Å². The van der Waals surface area contributed by atoms with Crippen LogP contribution in [0.4, 0.5) is 4.39 Å². The number of hydrogen-bond acceptors (Lipinski definition) is 1. The van der Waals surface area contributed by atoms with Gasteiger partial charge in [-0.25, -0.2) is 4.39 Å². The Bertz CT molecular complexity index is 620. The summed E-state index contributed by atoms with van der Waals surface area (Å²) in [6, 6.07) is 10.1. The zero-order chi connectivity index (χ0) is 13.3. The number of hydrogen-bond donors (Lipinski definition) is 0. The van der Waals surface area contributed by atoms with Crippen LogP contribution >= 0.6 is 11.6 Å². The molecule has 18 heavy (non-hydrogen) atoms. The van der Waals surface area contributed by atoms with E-state index in [0.29, 0.717) is 16.1 Å². The van der Waals surface area contributed by atoms with Crippen molar-refractivity contribution < 1.29 is 9.18 Å². The summed E-state index contributed by atoms with van der Waals surface area (Å²) in [7, 11) is 0. The van der Waals surface area contributed by atoms with Gasteiger partial charge >= 0.3 is 0 Å². The molecule has 3 heteroatoms. The van der Waals surface area contributed by atoms with Crippen molar-refractivity contribution >= 4 is 17.4 Å². The van der Waals surface area contributed by atoms with Crippen molar-refractivity contribution in [3.8, 4) is 11.1 Å². The molecule has 2 aromatic carbocycles. The van der Waals surface area contributed by atoms with Crippen LogP contribution in [0.15, 0.2) is 36.4 Å². The molecule has 92 valence electrons. The second kappa shape index (κ2) is 4.91. The van der Waals surface area contributed by atoms with Gasteiger partial charge in [-0.1, -0.05) is 23.7 Å². The highest BCUT2D eigenvalue weighted by Crippen LogP contribution is 2.27. The fraction of sp³-hybridized carbons (Fsp3) is 0.133. The lowest BCUT2D eigenvalue weighted by molar-refractivity contribution is 0.101. The molecule has 0 spiro atoms. The lowest BCUT2D eigenvalue weighted by Gasteiger charge is -2.06. The fourth-order valence-corrected chi connectivity index (χ4v) is 2.12. The molecule has 0 atom stereocenters. The molecule has 0 aliphatic rings. The first kappa shape index (κ1) is 12.8. The van der Waals surface area contributed by atoms with E-state index in [1.807, 2.05) is 6.07 Å². The number of halogens is 2. The van der Waals surface area contributed by atoms with Crippen LogP contribution in [0.5, 0.6) is 0 Å². The average Bonchev–Trinajstić information content (AvgIpc) is 2.32. The average molecular weight is 263 g/mol. The Kier molecular flexibility index (Phi) is 3.48. The summed E-state index contributed by atoms with van der Waals surface area (Å²) in [4.78, 5) is 11.3. The normalized spacial score (nSPS) is 10.4. The standard InChI is InChI=1S/C15H12ClFO/c1-9-7-11(4-6-15(9)17)12-3-5-13(10(2)18)14(16)8-12/h3-8H,1-2H3. The van der Waals surface area contributed by atoms with Gasteiger partial charge in [0.15, 0.2) is 5.78 Å². The molecule has 0 amide bonds. The van der Waals surface area contributed by atoms with Crippen LogP contribution < -0.4 is 0 Å². The van der Waals surface area contributed by atoms with Crippen molar-refractivity contribution in [3.63, 3.8) is 0 Å². The van der Waals surface area contributed by atoms with Crippen LogP contribution in [0.25, 0.3) is 11.1 Å². The zero-order valence-corrected chi connectivity index (χ0v) is 10.9. The molecule has 0 saturated carbocycles. The van der Waals surface area contributed by atoms with E-state index in [1.54, 1.807) is 31.2 Å². The van der Waals surface area contributed by atoms with Gasteiger partial charge in [0.1, 0.15) is 5.82 Å². The third-order valence-corrected chi connectivity index (χ3v) is 3.15. The molecule has 0 aliphatic carbocycles. The monoisotopic (exact) mass is 262 g/mol. The van der Waals surface area contributed by atoms with Gasteiger partial charge in [0.25, 0.3) is 0 Å². The van der Waals surface area contributed by atoms with E-state index in [2.05, 4.69) is 0 Å². The molecule has 0 fully saturated rings. The van der Waals surface area contributed by atoms with Gasteiger partial charge in [-0.05, 0) is 54.8 Å². The summed E-state index contributed by atoms with van der Waals surface area (Å²) in [5.41, 5.74) is 2.83. The van der Waals surface area contributed by atoms with E-state index in [0.717, 1.165) is 11.1 Å². The van der Waals surface area contributed by atoms with Gasteiger partial charge in [-0.3, -0.25) is 4.79 Å². The van der Waals surface area contributed by atoms with E-state index in [-0.39, 0.29) is 11.6 Å². The Balaban J connectivity index is 2.48.